The van der Waals surface area contributed by atoms with Crippen molar-refractivity contribution in [2.45, 2.75) is 12.5 Å². The van der Waals surface area contributed by atoms with Crippen molar-refractivity contribution in [1.82, 2.24) is 14.7 Å². The van der Waals surface area contributed by atoms with Gasteiger partial charge in [-0.25, -0.2) is 8.78 Å². The first-order chi connectivity index (χ1) is 17.4. The number of imide groups is 1. The molecule has 2 heterocycles. The maximum absolute atomic E-state index is 13.6. The Morgan fingerprint density at radius 1 is 0.778 bits per heavy atom. The molecule has 2 bridgehead atoms. The summed E-state index contributed by atoms with van der Waals surface area (Å²) in [5, 5.41) is 0. The summed E-state index contributed by atoms with van der Waals surface area (Å²) in [6, 6.07) is 12.3. The van der Waals surface area contributed by atoms with Crippen LogP contribution in [0.25, 0.3) is 0 Å². The summed E-state index contributed by atoms with van der Waals surface area (Å²) >= 11 is 0. The molecule has 36 heavy (non-hydrogen) atoms. The van der Waals surface area contributed by atoms with Gasteiger partial charge < -0.3 is 4.90 Å². The third-order valence-electron chi connectivity index (χ3n) is 8.26. The zero-order valence-electron chi connectivity index (χ0n) is 19.7. The predicted molar refractivity (Wildman–Crippen MR) is 127 cm³/mol. The molecule has 2 aliphatic heterocycles. The molecule has 3 fully saturated rings. The standard InChI is InChI=1S/C28H27F2N3O3/c29-21-7-3-17(4-8-21)26(18-5-9-22(30)10-6-18)32-13-11-31(12-14-32)23(34)16-33-27(35)24-19-1-2-20(15-19)25(24)28(33)36/h1-10,19-20,24-26H,11-16H2. The van der Waals surface area contributed by atoms with E-state index >= 15 is 0 Å². The largest absolute Gasteiger partial charge is 0.339 e. The van der Waals surface area contributed by atoms with E-state index in [1.165, 1.54) is 29.2 Å². The zero-order chi connectivity index (χ0) is 25.0. The van der Waals surface area contributed by atoms with E-state index in [1.54, 1.807) is 29.2 Å². The van der Waals surface area contributed by atoms with Gasteiger partial charge in [-0.15, -0.1) is 0 Å². The van der Waals surface area contributed by atoms with E-state index in [0.717, 1.165) is 17.5 Å². The van der Waals surface area contributed by atoms with Crippen LogP contribution in [-0.2, 0) is 14.4 Å². The van der Waals surface area contributed by atoms with Crippen molar-refractivity contribution in [2.75, 3.05) is 32.7 Å². The van der Waals surface area contributed by atoms with E-state index < -0.39 is 0 Å². The summed E-state index contributed by atoms with van der Waals surface area (Å²) in [7, 11) is 0. The van der Waals surface area contributed by atoms with Gasteiger partial charge in [0.05, 0.1) is 17.9 Å². The van der Waals surface area contributed by atoms with E-state index in [9.17, 15) is 23.2 Å². The van der Waals surface area contributed by atoms with Crippen LogP contribution in [0.15, 0.2) is 60.7 Å². The number of carbonyl (C=O) groups excluding carboxylic acids is 3. The Hall–Kier alpha value is -3.39. The number of hydrogen-bond donors (Lipinski definition) is 0. The van der Waals surface area contributed by atoms with Crippen molar-refractivity contribution in [3.8, 4) is 0 Å². The molecule has 4 atom stereocenters. The third kappa shape index (κ3) is 3.84. The van der Waals surface area contributed by atoms with Crippen LogP contribution in [0.4, 0.5) is 8.78 Å². The Balaban J connectivity index is 1.13. The summed E-state index contributed by atoms with van der Waals surface area (Å²) in [5.41, 5.74) is 1.76. The van der Waals surface area contributed by atoms with Crippen LogP contribution in [0.5, 0.6) is 0 Å². The van der Waals surface area contributed by atoms with Crippen molar-refractivity contribution in [3.63, 3.8) is 0 Å². The molecular formula is C28H27F2N3O3. The number of carbonyl (C=O) groups is 3. The minimum Gasteiger partial charge on any atom is -0.339 e. The highest BCUT2D eigenvalue weighted by molar-refractivity contribution is 6.08. The van der Waals surface area contributed by atoms with E-state index in [4.69, 9.17) is 0 Å². The number of allylic oxidation sites excluding steroid dienone is 2. The lowest BCUT2D eigenvalue weighted by atomic mass is 9.85. The maximum Gasteiger partial charge on any atom is 0.242 e. The number of piperazine rings is 1. The van der Waals surface area contributed by atoms with Gasteiger partial charge in [-0.2, -0.15) is 0 Å². The molecule has 0 aromatic heterocycles. The lowest BCUT2D eigenvalue weighted by molar-refractivity contribution is -0.147. The molecule has 3 amide bonds. The number of nitrogens with zero attached hydrogens (tertiary/aromatic N) is 3. The molecule has 0 N–H and O–H groups in total. The first kappa shape index (κ1) is 23.0. The number of rotatable bonds is 5. The highest BCUT2D eigenvalue weighted by Gasteiger charge is 2.59. The van der Waals surface area contributed by atoms with E-state index in [0.29, 0.717) is 26.2 Å². The molecule has 1 saturated carbocycles. The summed E-state index contributed by atoms with van der Waals surface area (Å²) in [5.74, 6) is -1.66. The first-order valence-corrected chi connectivity index (χ1v) is 12.5. The average Bonchev–Trinajstić information content (AvgIpc) is 3.57. The third-order valence-corrected chi connectivity index (χ3v) is 8.26. The second kappa shape index (κ2) is 8.92. The number of amides is 3. The molecule has 4 unspecified atom stereocenters. The second-order valence-corrected chi connectivity index (χ2v) is 10.2. The van der Waals surface area contributed by atoms with Crippen LogP contribution in [0.2, 0.25) is 0 Å². The number of fused-ring (bicyclic) bond motifs is 5. The highest BCUT2D eigenvalue weighted by Crippen LogP contribution is 2.52. The molecule has 6 rings (SSSR count). The lowest BCUT2D eigenvalue weighted by Gasteiger charge is -2.40. The summed E-state index contributed by atoms with van der Waals surface area (Å²) in [4.78, 5) is 44.1. The Morgan fingerprint density at radius 3 is 1.72 bits per heavy atom. The van der Waals surface area contributed by atoms with Gasteiger partial charge >= 0.3 is 0 Å². The average molecular weight is 492 g/mol. The van der Waals surface area contributed by atoms with Crippen LogP contribution in [0.1, 0.15) is 23.6 Å². The quantitative estimate of drug-likeness (QED) is 0.477. The van der Waals surface area contributed by atoms with Crippen LogP contribution in [0.3, 0.4) is 0 Å². The van der Waals surface area contributed by atoms with E-state index in [1.807, 2.05) is 12.2 Å². The SMILES string of the molecule is O=C(CN1C(=O)C2C3C=CC(C3)C2C1=O)N1CCN(C(c2ccc(F)cc2)c2ccc(F)cc2)CC1. The normalized spacial score (nSPS) is 27.4. The van der Waals surface area contributed by atoms with Gasteiger partial charge in [-0.05, 0) is 53.6 Å². The molecular weight excluding hydrogens is 464 g/mol. The topological polar surface area (TPSA) is 60.9 Å². The minimum absolute atomic E-state index is 0.120. The molecule has 186 valence electrons. The Bertz CT molecular complexity index is 1150. The summed E-state index contributed by atoms with van der Waals surface area (Å²) < 4.78 is 27.1. The van der Waals surface area contributed by atoms with E-state index in [2.05, 4.69) is 4.90 Å². The van der Waals surface area contributed by atoms with Crippen molar-refractivity contribution in [3.05, 3.63) is 83.4 Å². The molecule has 2 aromatic rings. The van der Waals surface area contributed by atoms with Crippen LogP contribution >= 0.6 is 0 Å². The van der Waals surface area contributed by atoms with Gasteiger partial charge in [0, 0.05) is 26.2 Å². The number of halogens is 2. The lowest BCUT2D eigenvalue weighted by Crippen LogP contribution is -2.52. The first-order valence-electron chi connectivity index (χ1n) is 12.5. The van der Waals surface area contributed by atoms with Crippen molar-refractivity contribution in [2.24, 2.45) is 23.7 Å². The molecule has 0 spiro atoms. The minimum atomic E-state index is -0.328. The smallest absolute Gasteiger partial charge is 0.242 e. The molecule has 6 nitrogen and oxygen atoms in total. The predicted octanol–water partition coefficient (Wildman–Crippen LogP) is 3.01. The Morgan fingerprint density at radius 2 is 1.25 bits per heavy atom. The van der Waals surface area contributed by atoms with Crippen molar-refractivity contribution in [1.29, 1.82) is 0 Å². The van der Waals surface area contributed by atoms with E-state index in [-0.39, 0.29) is 65.6 Å². The molecule has 8 heteroatoms. The van der Waals surface area contributed by atoms with Crippen LogP contribution in [-0.4, -0.2) is 65.1 Å². The summed E-state index contributed by atoms with van der Waals surface area (Å²) in [6.07, 6.45) is 4.94. The number of likely N-dealkylation sites (tertiary alicyclic amines) is 1. The fourth-order valence-electron chi connectivity index (χ4n) is 6.49. The molecule has 0 radical (unpaired) electrons. The van der Waals surface area contributed by atoms with Gasteiger partial charge in [0.1, 0.15) is 18.2 Å². The summed E-state index contributed by atoms with van der Waals surface area (Å²) in [6.45, 7) is 1.77. The Labute approximate surface area is 208 Å². The van der Waals surface area contributed by atoms with Crippen molar-refractivity contribution < 1.29 is 23.2 Å². The molecule has 2 saturated heterocycles. The zero-order valence-corrected chi connectivity index (χ0v) is 19.7. The number of hydrogen-bond acceptors (Lipinski definition) is 4. The number of benzene rings is 2. The second-order valence-electron chi connectivity index (χ2n) is 10.2. The van der Waals surface area contributed by atoms with Crippen molar-refractivity contribution >= 4 is 17.7 Å². The van der Waals surface area contributed by atoms with Crippen LogP contribution in [0, 0.1) is 35.3 Å². The fraction of sp³-hybridized carbons (Fsp3) is 0.393. The van der Waals surface area contributed by atoms with Gasteiger partial charge in [0.15, 0.2) is 0 Å². The molecule has 2 aliphatic carbocycles. The fourth-order valence-corrected chi connectivity index (χ4v) is 6.49. The van der Waals surface area contributed by atoms with Gasteiger partial charge in [-0.3, -0.25) is 24.2 Å². The van der Waals surface area contributed by atoms with Gasteiger partial charge in [0.2, 0.25) is 17.7 Å². The Kier molecular flexibility index (Phi) is 5.71. The van der Waals surface area contributed by atoms with Gasteiger partial charge in [0.25, 0.3) is 0 Å². The van der Waals surface area contributed by atoms with Crippen LogP contribution < -0.4 is 0 Å². The maximum atomic E-state index is 13.6. The monoisotopic (exact) mass is 491 g/mol. The molecule has 2 aromatic carbocycles. The molecule has 4 aliphatic rings. The van der Waals surface area contributed by atoms with Gasteiger partial charge in [-0.1, -0.05) is 36.4 Å². The highest BCUT2D eigenvalue weighted by atomic mass is 19.1.